The average Bonchev–Trinajstić information content (AvgIpc) is 1.60. The van der Waals surface area contributed by atoms with Crippen LogP contribution in [-0.2, 0) is 0 Å². The zero-order valence-corrected chi connectivity index (χ0v) is 6.83. The summed E-state index contributed by atoms with van der Waals surface area (Å²) in [5.74, 6) is 0. The van der Waals surface area contributed by atoms with Crippen molar-refractivity contribution < 1.29 is 4.90 Å². The number of likely N-dealkylation sites (tertiary alicyclic amines) is 1. The largest absolute Gasteiger partial charge is 0.337 e. The van der Waals surface area contributed by atoms with Crippen LogP contribution in [0.2, 0.25) is 0 Å². The van der Waals surface area contributed by atoms with Crippen LogP contribution in [0.5, 0.6) is 0 Å². The summed E-state index contributed by atoms with van der Waals surface area (Å²) < 4.78 is 0. The van der Waals surface area contributed by atoms with E-state index >= 15 is 0 Å². The van der Waals surface area contributed by atoms with Gasteiger partial charge in [0, 0.05) is 5.41 Å². The lowest BCUT2D eigenvalue weighted by molar-refractivity contribution is -0.892. The molecule has 0 aliphatic carbocycles. The summed E-state index contributed by atoms with van der Waals surface area (Å²) in [6.45, 7) is 7.47. The minimum absolute atomic E-state index is 0.613. The lowest BCUT2D eigenvalue weighted by Crippen LogP contribution is -3.11. The predicted molar refractivity (Wildman–Crippen MR) is 39.6 cm³/mol. The summed E-state index contributed by atoms with van der Waals surface area (Å²) in [5, 5.41) is 0. The van der Waals surface area contributed by atoms with Gasteiger partial charge in [-0.15, -0.1) is 0 Å². The zero-order valence-electron chi connectivity index (χ0n) is 6.83. The molecule has 0 spiro atoms. The molecule has 0 aromatic rings. The fourth-order valence-electron chi connectivity index (χ4n) is 1.86. The second kappa shape index (κ2) is 2.30. The minimum atomic E-state index is 0.613. The normalized spacial score (nSPS) is 34.3. The first-order chi connectivity index (χ1) is 4.10. The third kappa shape index (κ3) is 1.98. The molecule has 9 heavy (non-hydrogen) atoms. The molecule has 1 atom stereocenters. The van der Waals surface area contributed by atoms with E-state index < -0.39 is 0 Å². The van der Waals surface area contributed by atoms with Gasteiger partial charge in [-0.3, -0.25) is 0 Å². The molecule has 1 fully saturated rings. The maximum Gasteiger partial charge on any atom is 0.0820 e. The molecular weight excluding hydrogens is 110 g/mol. The lowest BCUT2D eigenvalue weighted by Gasteiger charge is -2.32. The second-order valence-corrected chi connectivity index (χ2v) is 4.15. The van der Waals surface area contributed by atoms with Gasteiger partial charge in [0.05, 0.1) is 20.1 Å². The van der Waals surface area contributed by atoms with Crippen LogP contribution >= 0.6 is 0 Å². The quantitative estimate of drug-likeness (QED) is 0.479. The Bertz CT molecular complexity index is 96.7. The van der Waals surface area contributed by atoms with Gasteiger partial charge in [-0.25, -0.2) is 0 Å². The standard InChI is InChI=1S/C8H17N/c1-8(2)5-4-6-9(3)7-8/h4-7H2,1-3H3/p+1. The van der Waals surface area contributed by atoms with E-state index in [1.807, 2.05) is 0 Å². The fourth-order valence-corrected chi connectivity index (χ4v) is 1.86. The maximum absolute atomic E-state index is 2.37. The number of nitrogens with one attached hydrogen (secondary N) is 1. The Morgan fingerprint density at radius 1 is 1.33 bits per heavy atom. The molecule has 1 saturated heterocycles. The third-order valence-corrected chi connectivity index (χ3v) is 2.24. The summed E-state index contributed by atoms with van der Waals surface area (Å²) in [6, 6.07) is 0. The first-order valence-corrected chi connectivity index (χ1v) is 3.91. The van der Waals surface area contributed by atoms with E-state index in [-0.39, 0.29) is 0 Å². The highest BCUT2D eigenvalue weighted by molar-refractivity contribution is 4.69. The molecule has 0 amide bonds. The van der Waals surface area contributed by atoms with E-state index in [0.29, 0.717) is 5.41 Å². The summed E-state index contributed by atoms with van der Waals surface area (Å²) in [7, 11) is 2.29. The van der Waals surface area contributed by atoms with Crippen molar-refractivity contribution in [1.29, 1.82) is 0 Å². The van der Waals surface area contributed by atoms with Gasteiger partial charge in [-0.05, 0) is 12.8 Å². The van der Waals surface area contributed by atoms with Gasteiger partial charge in [-0.1, -0.05) is 13.8 Å². The molecule has 0 aromatic heterocycles. The fraction of sp³-hybridized carbons (Fsp3) is 1.00. The molecule has 1 aliphatic rings. The average molecular weight is 128 g/mol. The van der Waals surface area contributed by atoms with Crippen LogP contribution in [0.3, 0.4) is 0 Å². The van der Waals surface area contributed by atoms with Gasteiger partial charge in [0.1, 0.15) is 0 Å². The number of hydrogen-bond donors (Lipinski definition) is 1. The molecule has 1 N–H and O–H groups in total. The van der Waals surface area contributed by atoms with E-state index in [9.17, 15) is 0 Å². The maximum atomic E-state index is 2.37. The zero-order chi connectivity index (χ0) is 6.91. The van der Waals surface area contributed by atoms with E-state index in [0.717, 1.165) is 0 Å². The van der Waals surface area contributed by atoms with Crippen LogP contribution in [0.25, 0.3) is 0 Å². The van der Waals surface area contributed by atoms with E-state index in [4.69, 9.17) is 0 Å². The van der Waals surface area contributed by atoms with Crippen LogP contribution in [0.1, 0.15) is 26.7 Å². The molecule has 1 unspecified atom stereocenters. The highest BCUT2D eigenvalue weighted by atomic mass is 15.1. The molecule has 0 radical (unpaired) electrons. The Kier molecular flexibility index (Phi) is 1.80. The van der Waals surface area contributed by atoms with Crippen LogP contribution in [0.15, 0.2) is 0 Å². The van der Waals surface area contributed by atoms with Crippen molar-refractivity contribution in [1.82, 2.24) is 0 Å². The summed E-state index contributed by atoms with van der Waals surface area (Å²) >= 11 is 0. The number of piperidine rings is 1. The van der Waals surface area contributed by atoms with Gasteiger partial charge >= 0.3 is 0 Å². The molecule has 1 aliphatic heterocycles. The Morgan fingerprint density at radius 2 is 2.00 bits per heavy atom. The Balaban J connectivity index is 2.41. The second-order valence-electron chi connectivity index (χ2n) is 4.15. The monoisotopic (exact) mass is 128 g/mol. The van der Waals surface area contributed by atoms with Gasteiger partial charge in [0.25, 0.3) is 0 Å². The van der Waals surface area contributed by atoms with Crippen LogP contribution < -0.4 is 4.90 Å². The topological polar surface area (TPSA) is 4.44 Å². The van der Waals surface area contributed by atoms with Crippen LogP contribution in [0.4, 0.5) is 0 Å². The highest BCUT2D eigenvalue weighted by Crippen LogP contribution is 2.21. The SMILES string of the molecule is C[NH+]1CCCC(C)(C)C1. The van der Waals surface area contributed by atoms with Crippen molar-refractivity contribution >= 4 is 0 Å². The van der Waals surface area contributed by atoms with Crippen molar-refractivity contribution in [3.8, 4) is 0 Å². The first kappa shape index (κ1) is 7.07. The first-order valence-electron chi connectivity index (χ1n) is 3.91. The molecule has 1 heterocycles. The van der Waals surface area contributed by atoms with Gasteiger partial charge in [-0.2, -0.15) is 0 Å². The highest BCUT2D eigenvalue weighted by Gasteiger charge is 2.26. The molecule has 1 rings (SSSR count). The Hall–Kier alpha value is -0.0400. The Labute approximate surface area is 58.0 Å². The predicted octanol–water partition coefficient (Wildman–Crippen LogP) is 0.321. The van der Waals surface area contributed by atoms with Crippen molar-refractivity contribution in [3.63, 3.8) is 0 Å². The molecule has 0 saturated carbocycles. The van der Waals surface area contributed by atoms with Crippen molar-refractivity contribution in [2.75, 3.05) is 20.1 Å². The molecule has 54 valence electrons. The van der Waals surface area contributed by atoms with Crippen molar-refractivity contribution in [2.45, 2.75) is 26.7 Å². The minimum Gasteiger partial charge on any atom is -0.337 e. The lowest BCUT2D eigenvalue weighted by atomic mass is 9.84. The summed E-state index contributed by atoms with van der Waals surface area (Å²) in [4.78, 5) is 1.70. The van der Waals surface area contributed by atoms with E-state index in [1.54, 1.807) is 4.90 Å². The van der Waals surface area contributed by atoms with Crippen molar-refractivity contribution in [3.05, 3.63) is 0 Å². The molecule has 0 aromatic carbocycles. The number of quaternary nitrogens is 1. The molecule has 1 nitrogen and oxygen atoms in total. The van der Waals surface area contributed by atoms with Gasteiger partial charge in [0.15, 0.2) is 0 Å². The van der Waals surface area contributed by atoms with Gasteiger partial charge < -0.3 is 4.90 Å². The van der Waals surface area contributed by atoms with E-state index in [2.05, 4.69) is 20.9 Å². The van der Waals surface area contributed by atoms with Crippen LogP contribution in [0, 0.1) is 5.41 Å². The molecule has 0 bridgehead atoms. The summed E-state index contributed by atoms with van der Waals surface area (Å²) in [5.41, 5.74) is 0.613. The third-order valence-electron chi connectivity index (χ3n) is 2.24. The Morgan fingerprint density at radius 3 is 2.33 bits per heavy atom. The van der Waals surface area contributed by atoms with E-state index in [1.165, 1.54) is 25.9 Å². The molecular formula is C8H18N+. The van der Waals surface area contributed by atoms with Crippen LogP contribution in [-0.4, -0.2) is 20.1 Å². The van der Waals surface area contributed by atoms with Crippen molar-refractivity contribution in [2.24, 2.45) is 5.41 Å². The van der Waals surface area contributed by atoms with Gasteiger partial charge in [0.2, 0.25) is 0 Å². The summed E-state index contributed by atoms with van der Waals surface area (Å²) in [6.07, 6.45) is 2.84. The molecule has 1 heteroatoms. The number of rotatable bonds is 0. The number of hydrogen-bond acceptors (Lipinski definition) is 0. The smallest absolute Gasteiger partial charge is 0.0820 e.